The molecule has 2 atom stereocenters. The summed E-state index contributed by atoms with van der Waals surface area (Å²) in [5.74, 6) is -1.77. The van der Waals surface area contributed by atoms with E-state index < -0.39 is 41.6 Å². The van der Waals surface area contributed by atoms with E-state index >= 15 is 4.39 Å². The molecule has 0 unspecified atom stereocenters. The van der Waals surface area contributed by atoms with Gasteiger partial charge in [-0.3, -0.25) is 18.8 Å². The fourth-order valence-electron chi connectivity index (χ4n) is 6.25. The van der Waals surface area contributed by atoms with E-state index in [0.29, 0.717) is 39.4 Å². The summed E-state index contributed by atoms with van der Waals surface area (Å²) in [6.45, 7) is 1.66. The Hall–Kier alpha value is -5.98. The Morgan fingerprint density at radius 3 is 2.70 bits per heavy atom. The third kappa shape index (κ3) is 6.66. The van der Waals surface area contributed by atoms with Gasteiger partial charge in [-0.1, -0.05) is 18.2 Å². The molecule has 256 valence electrons. The molecule has 3 aromatic carbocycles. The van der Waals surface area contributed by atoms with E-state index in [1.807, 2.05) is 13.0 Å². The van der Waals surface area contributed by atoms with Gasteiger partial charge < -0.3 is 29.7 Å². The van der Waals surface area contributed by atoms with Crippen molar-refractivity contribution < 1.29 is 37.4 Å². The monoisotopic (exact) mass is 681 g/mol. The zero-order chi connectivity index (χ0) is 34.9. The van der Waals surface area contributed by atoms with Gasteiger partial charge in [0, 0.05) is 49.4 Å². The van der Waals surface area contributed by atoms with Crippen LogP contribution in [0.15, 0.2) is 79.0 Å². The van der Waals surface area contributed by atoms with Crippen LogP contribution in [0.25, 0.3) is 16.8 Å². The first-order valence-electron chi connectivity index (χ1n) is 16.0. The Morgan fingerprint density at radius 2 is 1.86 bits per heavy atom. The largest absolute Gasteiger partial charge is 0.496 e. The fourth-order valence-corrected chi connectivity index (χ4v) is 6.25. The van der Waals surface area contributed by atoms with Crippen LogP contribution in [0.1, 0.15) is 38.4 Å². The lowest BCUT2D eigenvalue weighted by Gasteiger charge is -2.38. The molecule has 2 aliphatic heterocycles. The number of benzene rings is 3. The number of imidazole rings is 1. The van der Waals surface area contributed by atoms with Crippen LogP contribution >= 0.6 is 0 Å². The quantitative estimate of drug-likeness (QED) is 0.277. The smallest absolute Gasteiger partial charge is 0.277 e. The second kappa shape index (κ2) is 13.5. The number of carbonyl (C=O) groups excluding carboxylic acids is 3. The highest BCUT2D eigenvalue weighted by molar-refractivity contribution is 5.97. The molecular weight excluding hydrogens is 648 g/mol. The topological polar surface area (TPSA) is 124 Å². The van der Waals surface area contributed by atoms with Crippen LogP contribution in [-0.2, 0) is 11.3 Å². The van der Waals surface area contributed by atoms with Crippen molar-refractivity contribution in [2.24, 2.45) is 0 Å². The van der Waals surface area contributed by atoms with E-state index in [0.717, 1.165) is 5.56 Å². The molecule has 7 rings (SSSR count). The summed E-state index contributed by atoms with van der Waals surface area (Å²) in [4.78, 5) is 45.9. The number of nitrogens with zero attached hydrogens (tertiary/aromatic N) is 3. The normalized spacial score (nSPS) is 18.0. The summed E-state index contributed by atoms with van der Waals surface area (Å²) in [5, 5.41) is 5.74. The number of pyridine rings is 1. The van der Waals surface area contributed by atoms with E-state index in [1.54, 1.807) is 60.8 Å². The number of amides is 3. The number of likely N-dealkylation sites (tertiary alicyclic amines) is 1. The van der Waals surface area contributed by atoms with Crippen LogP contribution in [0.3, 0.4) is 0 Å². The molecule has 0 radical (unpaired) electrons. The lowest BCUT2D eigenvalue weighted by Crippen LogP contribution is -2.58. The molecule has 11 nitrogen and oxygen atoms in total. The second-order valence-electron chi connectivity index (χ2n) is 12.3. The number of hydrogen-bond acceptors (Lipinski definition) is 7. The molecule has 0 spiro atoms. The third-order valence-electron chi connectivity index (χ3n) is 8.75. The van der Waals surface area contributed by atoms with Crippen molar-refractivity contribution in [3.8, 4) is 28.4 Å². The van der Waals surface area contributed by atoms with Crippen LogP contribution in [0, 0.1) is 18.7 Å². The number of hydrogen-bond donors (Lipinski definition) is 2. The van der Waals surface area contributed by atoms with Gasteiger partial charge in [0.25, 0.3) is 17.7 Å². The minimum Gasteiger partial charge on any atom is -0.496 e. The van der Waals surface area contributed by atoms with Gasteiger partial charge in [-0.25, -0.2) is 9.37 Å². The summed E-state index contributed by atoms with van der Waals surface area (Å²) in [6.07, 6.45) is 1.09. The molecule has 1 fully saturated rings. The van der Waals surface area contributed by atoms with Crippen LogP contribution < -0.4 is 24.8 Å². The number of methoxy groups -OCH3 is 1. The van der Waals surface area contributed by atoms with Crippen LogP contribution in [0.2, 0.25) is 0 Å². The van der Waals surface area contributed by atoms with Crippen molar-refractivity contribution in [1.82, 2.24) is 24.9 Å². The summed E-state index contributed by atoms with van der Waals surface area (Å²) in [5.41, 5.74) is 2.78. The van der Waals surface area contributed by atoms with E-state index in [9.17, 15) is 18.8 Å². The first-order chi connectivity index (χ1) is 24.1. The fraction of sp³-hybridized carbons (Fsp3) is 0.243. The van der Waals surface area contributed by atoms with Gasteiger partial charge in [0.05, 0.1) is 13.2 Å². The van der Waals surface area contributed by atoms with Gasteiger partial charge in [-0.05, 0) is 72.1 Å². The lowest BCUT2D eigenvalue weighted by molar-refractivity contribution is -0.123. The summed E-state index contributed by atoms with van der Waals surface area (Å²) in [7, 11) is 1.52. The van der Waals surface area contributed by atoms with Crippen molar-refractivity contribution in [3.63, 3.8) is 0 Å². The van der Waals surface area contributed by atoms with Gasteiger partial charge in [0.2, 0.25) is 5.95 Å². The van der Waals surface area contributed by atoms with Gasteiger partial charge in [0.1, 0.15) is 34.8 Å². The summed E-state index contributed by atoms with van der Waals surface area (Å²) >= 11 is 0. The van der Waals surface area contributed by atoms with E-state index in [1.165, 1.54) is 28.5 Å². The van der Waals surface area contributed by atoms with E-state index in [-0.39, 0.29) is 44.1 Å². The van der Waals surface area contributed by atoms with Crippen molar-refractivity contribution in [3.05, 3.63) is 113 Å². The van der Waals surface area contributed by atoms with Gasteiger partial charge in [-0.2, -0.15) is 4.39 Å². The number of aryl methyl sites for hydroxylation is 1. The second-order valence-corrected chi connectivity index (χ2v) is 12.3. The number of ether oxygens (including phenoxy) is 3. The minimum atomic E-state index is -0.793. The van der Waals surface area contributed by atoms with Crippen molar-refractivity contribution in [2.45, 2.75) is 32.0 Å². The first kappa shape index (κ1) is 32.6. The molecular formula is C37H33F2N5O6. The maximum atomic E-state index is 15.4. The van der Waals surface area contributed by atoms with Crippen LogP contribution in [0.5, 0.6) is 17.2 Å². The average molecular weight is 682 g/mol. The van der Waals surface area contributed by atoms with Gasteiger partial charge >= 0.3 is 0 Å². The highest BCUT2D eigenvalue weighted by atomic mass is 19.1. The molecule has 0 aliphatic carbocycles. The number of piperidine rings is 1. The molecule has 2 aliphatic rings. The Labute approximate surface area is 285 Å². The maximum absolute atomic E-state index is 15.4. The van der Waals surface area contributed by atoms with E-state index in [2.05, 4.69) is 15.6 Å². The summed E-state index contributed by atoms with van der Waals surface area (Å²) in [6, 6.07) is 18.7. The third-order valence-corrected chi connectivity index (χ3v) is 8.75. The van der Waals surface area contributed by atoms with Crippen LogP contribution in [-0.4, -0.2) is 71.0 Å². The average Bonchev–Trinajstić information content (AvgIpc) is 3.44. The Kier molecular flexibility index (Phi) is 8.79. The zero-order valence-corrected chi connectivity index (χ0v) is 27.2. The van der Waals surface area contributed by atoms with Crippen molar-refractivity contribution >= 4 is 23.4 Å². The number of fused-ring (bicyclic) bond motifs is 9. The highest BCUT2D eigenvalue weighted by Gasteiger charge is 2.36. The number of nitrogens with one attached hydrogen (secondary N) is 2. The van der Waals surface area contributed by atoms with Crippen molar-refractivity contribution in [1.29, 1.82) is 0 Å². The maximum Gasteiger partial charge on any atom is 0.277 e. The van der Waals surface area contributed by atoms with Gasteiger partial charge in [0.15, 0.2) is 12.3 Å². The highest BCUT2D eigenvalue weighted by Crippen LogP contribution is 2.33. The minimum absolute atomic E-state index is 0.0105. The standard InChI is InChI=1S/C37H33F2N5O6/c1-21-6-9-32-42-34(35(39)44(32)18-21)37(47)43-11-10-31-29(19-43)41-36(46)24-7-8-30(48-2)28(15-24)23-4-3-5-26(14-23)49-20-33(45)40-17-22-12-25(38)16-27(13-22)50-31/h3-9,12-16,18,29,31H,10-11,17,19-20H2,1-2H3,(H,40,45)(H,41,46)/t29-,31-/m1/s1. The molecule has 2 aromatic heterocycles. The Morgan fingerprint density at radius 1 is 1.00 bits per heavy atom. The van der Waals surface area contributed by atoms with Crippen molar-refractivity contribution in [2.75, 3.05) is 26.8 Å². The van der Waals surface area contributed by atoms with Gasteiger partial charge in [-0.15, -0.1) is 0 Å². The summed E-state index contributed by atoms with van der Waals surface area (Å²) < 4.78 is 49.1. The molecule has 4 heterocycles. The lowest BCUT2D eigenvalue weighted by atomic mass is 9.99. The molecule has 2 N–H and O–H groups in total. The molecule has 13 heteroatoms. The number of rotatable bonds is 2. The molecule has 3 amide bonds. The SMILES string of the molecule is COc1ccc2cc1-c1cccc(c1)OCC(=O)NCc1cc(F)cc(c1)O[C@@H]1CCN(C(=O)c3nc4ccc(C)cn4c3F)C[C@H]1NC2=O. The molecule has 50 heavy (non-hydrogen) atoms. The Bertz CT molecular complexity index is 2140. The molecule has 1 saturated heterocycles. The number of halogens is 2. The predicted octanol–water partition coefficient (Wildman–Crippen LogP) is 4.70. The number of carbonyl (C=O) groups is 3. The molecule has 5 aromatic rings. The zero-order valence-electron chi connectivity index (χ0n) is 27.2. The Balaban J connectivity index is 1.24. The first-order valence-corrected chi connectivity index (χ1v) is 16.0. The molecule has 6 bridgehead atoms. The number of aromatic nitrogens is 2. The van der Waals surface area contributed by atoms with Crippen LogP contribution in [0.4, 0.5) is 8.78 Å². The predicted molar refractivity (Wildman–Crippen MR) is 178 cm³/mol. The van der Waals surface area contributed by atoms with E-state index in [4.69, 9.17) is 14.2 Å². The molecule has 0 saturated carbocycles.